The average molecular weight is 222 g/mol. The molecule has 3 aliphatic rings. The molecule has 0 amide bonds. The van der Waals surface area contributed by atoms with E-state index in [0.29, 0.717) is 0 Å². The summed E-state index contributed by atoms with van der Waals surface area (Å²) >= 11 is 0. The Morgan fingerprint density at radius 2 is 2.31 bits per heavy atom. The second-order valence-corrected chi connectivity index (χ2v) is 4.96. The molecule has 4 heteroatoms. The summed E-state index contributed by atoms with van der Waals surface area (Å²) < 4.78 is 10.6. The molecule has 2 saturated carbocycles. The Morgan fingerprint density at radius 1 is 1.56 bits per heavy atom. The summed E-state index contributed by atoms with van der Waals surface area (Å²) in [6, 6.07) is 0. The summed E-state index contributed by atoms with van der Waals surface area (Å²) in [6.45, 7) is 5.43. The van der Waals surface area contributed by atoms with E-state index >= 15 is 0 Å². The van der Waals surface area contributed by atoms with Gasteiger partial charge < -0.3 is 9.47 Å². The normalized spacial score (nSPS) is 47.9. The fourth-order valence-electron chi connectivity index (χ4n) is 3.68. The topological polar surface area (TPSA) is 52.6 Å². The third-order valence-corrected chi connectivity index (χ3v) is 4.36. The van der Waals surface area contributed by atoms with Gasteiger partial charge in [-0.25, -0.2) is 4.79 Å². The van der Waals surface area contributed by atoms with Crippen LogP contribution in [0.3, 0.4) is 0 Å². The molecule has 1 saturated heterocycles. The van der Waals surface area contributed by atoms with Crippen molar-refractivity contribution in [3.8, 4) is 0 Å². The molecule has 2 bridgehead atoms. The minimum atomic E-state index is -0.427. The first-order valence-corrected chi connectivity index (χ1v) is 5.67. The molecule has 0 spiro atoms. The molecule has 2 aliphatic carbocycles. The number of fused-ring (bicyclic) bond motifs is 1. The number of hydrogen-bond acceptors (Lipinski definition) is 4. The highest BCUT2D eigenvalue weighted by Crippen LogP contribution is 2.58. The van der Waals surface area contributed by atoms with Crippen molar-refractivity contribution in [3.05, 3.63) is 12.7 Å². The first kappa shape index (κ1) is 9.87. The highest BCUT2D eigenvalue weighted by molar-refractivity contribution is 5.82. The lowest BCUT2D eigenvalue weighted by atomic mass is 9.80. The summed E-state index contributed by atoms with van der Waals surface area (Å²) in [5.41, 5.74) is 0. The van der Waals surface area contributed by atoms with Crippen molar-refractivity contribution in [1.29, 1.82) is 0 Å². The van der Waals surface area contributed by atoms with Gasteiger partial charge in [0.05, 0.1) is 5.92 Å². The largest absolute Gasteiger partial charge is 0.458 e. The molecule has 3 rings (SSSR count). The van der Waals surface area contributed by atoms with Gasteiger partial charge in [-0.05, 0) is 12.3 Å². The highest BCUT2D eigenvalue weighted by Gasteiger charge is 2.66. The van der Waals surface area contributed by atoms with Gasteiger partial charge in [0.1, 0.15) is 12.2 Å². The first-order chi connectivity index (χ1) is 7.63. The van der Waals surface area contributed by atoms with E-state index in [-0.39, 0.29) is 41.8 Å². The zero-order chi connectivity index (χ0) is 11.4. The van der Waals surface area contributed by atoms with Gasteiger partial charge in [0.2, 0.25) is 0 Å². The molecule has 0 N–H and O–H groups in total. The van der Waals surface area contributed by atoms with E-state index in [9.17, 15) is 9.59 Å². The van der Waals surface area contributed by atoms with E-state index in [4.69, 9.17) is 9.47 Å². The number of ether oxygens (including phenoxy) is 2. The maximum atomic E-state index is 11.6. The zero-order valence-corrected chi connectivity index (χ0v) is 9.09. The Kier molecular flexibility index (Phi) is 1.91. The monoisotopic (exact) mass is 222 g/mol. The first-order valence-electron chi connectivity index (χ1n) is 5.67. The predicted octanol–water partition coefficient (Wildman–Crippen LogP) is 0.912. The van der Waals surface area contributed by atoms with Crippen LogP contribution in [0.15, 0.2) is 12.7 Å². The van der Waals surface area contributed by atoms with Crippen molar-refractivity contribution in [3.63, 3.8) is 0 Å². The molecule has 16 heavy (non-hydrogen) atoms. The summed E-state index contributed by atoms with van der Waals surface area (Å²) in [5, 5.41) is 0. The van der Waals surface area contributed by atoms with Crippen LogP contribution in [-0.4, -0.2) is 24.1 Å². The van der Waals surface area contributed by atoms with Gasteiger partial charge in [-0.3, -0.25) is 4.79 Å². The van der Waals surface area contributed by atoms with Crippen molar-refractivity contribution in [2.24, 2.45) is 23.7 Å². The fourth-order valence-corrected chi connectivity index (χ4v) is 3.68. The van der Waals surface area contributed by atoms with Crippen molar-refractivity contribution in [1.82, 2.24) is 0 Å². The standard InChI is InChI=1S/C12H14O4/c1-3-8(13)15-10-6-4-7-9(5(6)2)12(14)16-11(7)10/h3,5-7,9-11H,1,4H2,2H3/t5?,6-,7?,9?,10?,11?/m0/s1. The Labute approximate surface area is 93.6 Å². The van der Waals surface area contributed by atoms with Crippen LogP contribution in [0.5, 0.6) is 0 Å². The maximum Gasteiger partial charge on any atom is 0.330 e. The molecular weight excluding hydrogens is 208 g/mol. The van der Waals surface area contributed by atoms with E-state index in [1.807, 2.05) is 6.92 Å². The van der Waals surface area contributed by atoms with Crippen LogP contribution in [0.1, 0.15) is 13.3 Å². The fraction of sp³-hybridized carbons (Fsp3) is 0.667. The van der Waals surface area contributed by atoms with Gasteiger partial charge in [0, 0.05) is 17.9 Å². The van der Waals surface area contributed by atoms with Crippen molar-refractivity contribution >= 4 is 11.9 Å². The average Bonchev–Trinajstić information content (AvgIpc) is 2.82. The molecule has 5 unspecified atom stereocenters. The molecule has 1 heterocycles. The lowest BCUT2D eigenvalue weighted by molar-refractivity contribution is -0.157. The molecule has 86 valence electrons. The molecule has 0 aromatic rings. The van der Waals surface area contributed by atoms with Gasteiger partial charge in [0.25, 0.3) is 0 Å². The van der Waals surface area contributed by atoms with Gasteiger partial charge >= 0.3 is 11.9 Å². The van der Waals surface area contributed by atoms with Gasteiger partial charge in [-0.1, -0.05) is 13.5 Å². The second kappa shape index (κ2) is 3.09. The smallest absolute Gasteiger partial charge is 0.330 e. The van der Waals surface area contributed by atoms with Gasteiger partial charge in [0.15, 0.2) is 0 Å². The number of carbonyl (C=O) groups excluding carboxylic acids is 2. The van der Waals surface area contributed by atoms with Crippen LogP contribution in [-0.2, 0) is 19.1 Å². The number of rotatable bonds is 2. The number of esters is 2. The third kappa shape index (κ3) is 1.05. The SMILES string of the molecule is C=CC(=O)OC1C2OC(=O)C3C2C[C@H]1C3C. The van der Waals surface area contributed by atoms with Crippen molar-refractivity contribution in [2.45, 2.75) is 25.6 Å². The van der Waals surface area contributed by atoms with Crippen LogP contribution in [0.4, 0.5) is 0 Å². The molecule has 4 nitrogen and oxygen atoms in total. The van der Waals surface area contributed by atoms with E-state index in [1.54, 1.807) is 0 Å². The Hall–Kier alpha value is -1.32. The Balaban J connectivity index is 1.86. The van der Waals surface area contributed by atoms with E-state index < -0.39 is 5.97 Å². The Morgan fingerprint density at radius 3 is 3.00 bits per heavy atom. The van der Waals surface area contributed by atoms with Crippen molar-refractivity contribution < 1.29 is 19.1 Å². The molecule has 6 atom stereocenters. The molecule has 0 aromatic carbocycles. The molecular formula is C12H14O4. The summed E-state index contributed by atoms with van der Waals surface area (Å²) in [7, 11) is 0. The van der Waals surface area contributed by atoms with Crippen LogP contribution in [0.25, 0.3) is 0 Å². The summed E-state index contributed by atoms with van der Waals surface area (Å²) in [5.74, 6) is 0.296. The van der Waals surface area contributed by atoms with Crippen LogP contribution in [0, 0.1) is 23.7 Å². The van der Waals surface area contributed by atoms with Crippen molar-refractivity contribution in [2.75, 3.05) is 0 Å². The molecule has 3 fully saturated rings. The second-order valence-electron chi connectivity index (χ2n) is 4.96. The summed E-state index contributed by atoms with van der Waals surface area (Å²) in [6.07, 6.45) is 1.64. The number of carbonyl (C=O) groups is 2. The summed E-state index contributed by atoms with van der Waals surface area (Å²) in [4.78, 5) is 22.8. The van der Waals surface area contributed by atoms with Crippen LogP contribution < -0.4 is 0 Å². The van der Waals surface area contributed by atoms with Gasteiger partial charge in [-0.15, -0.1) is 0 Å². The van der Waals surface area contributed by atoms with E-state index in [1.165, 1.54) is 0 Å². The lowest BCUT2D eigenvalue weighted by Crippen LogP contribution is -2.39. The minimum Gasteiger partial charge on any atom is -0.458 e. The predicted molar refractivity (Wildman–Crippen MR) is 54.2 cm³/mol. The van der Waals surface area contributed by atoms with Crippen LogP contribution >= 0.6 is 0 Å². The highest BCUT2D eigenvalue weighted by atomic mass is 16.6. The molecule has 1 aliphatic heterocycles. The zero-order valence-electron chi connectivity index (χ0n) is 9.09. The van der Waals surface area contributed by atoms with Gasteiger partial charge in [-0.2, -0.15) is 0 Å². The molecule has 0 aromatic heterocycles. The van der Waals surface area contributed by atoms with E-state index in [0.717, 1.165) is 12.5 Å². The van der Waals surface area contributed by atoms with Crippen LogP contribution in [0.2, 0.25) is 0 Å². The quantitative estimate of drug-likeness (QED) is 0.515. The minimum absolute atomic E-state index is 0.0358. The maximum absolute atomic E-state index is 11.6. The Bertz CT molecular complexity index is 375. The molecule has 0 radical (unpaired) electrons. The third-order valence-electron chi connectivity index (χ3n) is 4.36. The lowest BCUT2D eigenvalue weighted by Gasteiger charge is -2.28. The number of hydrogen-bond donors (Lipinski definition) is 0. The van der Waals surface area contributed by atoms with E-state index in [2.05, 4.69) is 6.58 Å².